The van der Waals surface area contributed by atoms with E-state index in [4.69, 9.17) is 9.26 Å². The smallest absolute Gasteiger partial charge is 0.196 e. The van der Waals surface area contributed by atoms with Crippen molar-refractivity contribution in [3.8, 4) is 22.7 Å². The molecule has 9 heteroatoms. The van der Waals surface area contributed by atoms with Crippen molar-refractivity contribution in [2.45, 2.75) is 43.1 Å². The molecule has 7 nitrogen and oxygen atoms in total. The fourth-order valence-corrected chi connectivity index (χ4v) is 5.20. The molecule has 0 spiro atoms. The van der Waals surface area contributed by atoms with Crippen LogP contribution in [0.25, 0.3) is 16.9 Å². The van der Waals surface area contributed by atoms with E-state index in [2.05, 4.69) is 27.2 Å². The molecule has 4 aromatic rings. The Morgan fingerprint density at radius 1 is 1.03 bits per heavy atom. The van der Waals surface area contributed by atoms with E-state index in [1.807, 2.05) is 34.9 Å². The zero-order valence-electron chi connectivity index (χ0n) is 19.9. The summed E-state index contributed by atoms with van der Waals surface area (Å²) in [4.78, 5) is 2.44. The van der Waals surface area contributed by atoms with Gasteiger partial charge in [0.15, 0.2) is 11.0 Å². The number of likely N-dealkylation sites (tertiary alicyclic amines) is 1. The monoisotopic (exact) mass is 493 g/mol. The van der Waals surface area contributed by atoms with Crippen molar-refractivity contribution in [2.24, 2.45) is 0 Å². The molecule has 5 rings (SSSR count). The molecule has 1 atom stereocenters. The highest BCUT2D eigenvalue weighted by Gasteiger charge is 2.25. The van der Waals surface area contributed by atoms with Crippen LogP contribution in [-0.2, 0) is 5.75 Å². The summed E-state index contributed by atoms with van der Waals surface area (Å²) >= 11 is 1.52. The Morgan fingerprint density at radius 3 is 2.49 bits per heavy atom. The number of piperidine rings is 1. The van der Waals surface area contributed by atoms with Crippen LogP contribution in [0.5, 0.6) is 5.75 Å². The minimum atomic E-state index is -0.269. The number of aromatic nitrogens is 4. The minimum absolute atomic E-state index is 0.106. The van der Waals surface area contributed by atoms with Crippen LogP contribution in [0.2, 0.25) is 0 Å². The van der Waals surface area contributed by atoms with Crippen molar-refractivity contribution in [1.29, 1.82) is 0 Å². The van der Waals surface area contributed by atoms with Crippen molar-refractivity contribution in [3.05, 3.63) is 72.0 Å². The first-order chi connectivity index (χ1) is 17.1. The summed E-state index contributed by atoms with van der Waals surface area (Å²) < 4.78 is 26.5. The Bertz CT molecular complexity index is 1250. The van der Waals surface area contributed by atoms with Gasteiger partial charge in [0.05, 0.1) is 18.9 Å². The van der Waals surface area contributed by atoms with Crippen LogP contribution in [0.1, 0.15) is 43.8 Å². The highest BCUT2D eigenvalue weighted by molar-refractivity contribution is 7.98. The molecule has 1 aliphatic heterocycles. The highest BCUT2D eigenvalue weighted by atomic mass is 32.2. The molecule has 1 fully saturated rings. The number of thioether (sulfide) groups is 1. The van der Waals surface area contributed by atoms with E-state index in [1.54, 1.807) is 19.2 Å². The number of ether oxygens (including phenoxy) is 1. The molecule has 0 bridgehead atoms. The van der Waals surface area contributed by atoms with Gasteiger partial charge in [-0.2, -0.15) is 0 Å². The van der Waals surface area contributed by atoms with Gasteiger partial charge < -0.3 is 9.26 Å². The third kappa shape index (κ3) is 5.26. The predicted octanol–water partition coefficient (Wildman–Crippen LogP) is 5.91. The van der Waals surface area contributed by atoms with Crippen molar-refractivity contribution >= 4 is 11.8 Å². The van der Waals surface area contributed by atoms with Gasteiger partial charge in [-0.05, 0) is 81.4 Å². The Kier molecular flexibility index (Phi) is 7.15. The van der Waals surface area contributed by atoms with Crippen molar-refractivity contribution in [1.82, 2.24) is 24.8 Å². The van der Waals surface area contributed by atoms with Gasteiger partial charge in [0.1, 0.15) is 23.0 Å². The lowest BCUT2D eigenvalue weighted by molar-refractivity contribution is 0.167. The molecule has 1 saturated heterocycles. The molecule has 1 aliphatic rings. The highest BCUT2D eigenvalue weighted by Crippen LogP contribution is 2.31. The van der Waals surface area contributed by atoms with Gasteiger partial charge in [0.25, 0.3) is 0 Å². The quantitative estimate of drug-likeness (QED) is 0.283. The van der Waals surface area contributed by atoms with Crippen molar-refractivity contribution in [2.75, 3.05) is 20.2 Å². The number of benzene rings is 2. The molecule has 0 aliphatic carbocycles. The number of halogens is 1. The average Bonchev–Trinajstić information content (AvgIpc) is 3.55. The van der Waals surface area contributed by atoms with E-state index in [0.29, 0.717) is 5.75 Å². The maximum atomic E-state index is 13.7. The summed E-state index contributed by atoms with van der Waals surface area (Å²) in [5, 5.41) is 14.0. The second kappa shape index (κ2) is 10.6. The summed E-state index contributed by atoms with van der Waals surface area (Å²) in [6.07, 6.45) is 3.65. The largest absolute Gasteiger partial charge is 0.497 e. The summed E-state index contributed by atoms with van der Waals surface area (Å²) in [6.45, 7) is 4.26. The third-order valence-electron chi connectivity index (χ3n) is 6.34. The van der Waals surface area contributed by atoms with Crippen LogP contribution < -0.4 is 4.74 Å². The van der Waals surface area contributed by atoms with Gasteiger partial charge >= 0.3 is 0 Å². The molecule has 0 saturated carbocycles. The van der Waals surface area contributed by atoms with Crippen LogP contribution in [0.3, 0.4) is 0 Å². The lowest BCUT2D eigenvalue weighted by Crippen LogP contribution is -2.33. The molecule has 2 aromatic heterocycles. The fraction of sp³-hybridized carbons (Fsp3) is 0.346. The molecule has 0 amide bonds. The topological polar surface area (TPSA) is 69.2 Å². The van der Waals surface area contributed by atoms with Gasteiger partial charge in [-0.1, -0.05) is 23.3 Å². The van der Waals surface area contributed by atoms with E-state index in [1.165, 1.54) is 43.2 Å². The summed E-state index contributed by atoms with van der Waals surface area (Å²) in [7, 11) is 1.64. The van der Waals surface area contributed by atoms with Gasteiger partial charge in [0, 0.05) is 17.3 Å². The van der Waals surface area contributed by atoms with Crippen LogP contribution >= 0.6 is 11.8 Å². The Morgan fingerprint density at radius 2 is 1.77 bits per heavy atom. The van der Waals surface area contributed by atoms with E-state index in [-0.39, 0.29) is 11.9 Å². The second-order valence-electron chi connectivity index (χ2n) is 8.62. The van der Waals surface area contributed by atoms with E-state index >= 15 is 0 Å². The minimum Gasteiger partial charge on any atom is -0.497 e. The first-order valence-electron chi connectivity index (χ1n) is 11.8. The standard InChI is InChI=1S/C26H28FN5O2S/c1-18(31-14-4-3-5-15-31)25-28-29-26(32(25)21-10-8-20(27)9-11-21)35-17-23-16-24(30-34-23)19-6-12-22(33-2)13-7-19/h6-13,16,18H,3-5,14-15,17H2,1-2H3. The van der Waals surface area contributed by atoms with Crippen LogP contribution in [0.4, 0.5) is 4.39 Å². The predicted molar refractivity (Wildman–Crippen MR) is 133 cm³/mol. The maximum Gasteiger partial charge on any atom is 0.196 e. The fourth-order valence-electron chi connectivity index (χ4n) is 4.36. The van der Waals surface area contributed by atoms with Crippen LogP contribution in [0, 0.1) is 5.82 Å². The third-order valence-corrected chi connectivity index (χ3v) is 7.29. The molecule has 0 radical (unpaired) electrons. The SMILES string of the molecule is COc1ccc(-c2cc(CSc3nnc(C(C)N4CCCCC4)n3-c3ccc(F)cc3)on2)cc1. The number of hydrogen-bond acceptors (Lipinski definition) is 7. The van der Waals surface area contributed by atoms with E-state index in [0.717, 1.165) is 52.5 Å². The number of nitrogens with zero attached hydrogens (tertiary/aromatic N) is 5. The second-order valence-corrected chi connectivity index (χ2v) is 9.56. The Labute approximate surface area is 208 Å². The molecular weight excluding hydrogens is 465 g/mol. The molecular formula is C26H28FN5O2S. The van der Waals surface area contributed by atoms with E-state index < -0.39 is 0 Å². The van der Waals surface area contributed by atoms with E-state index in [9.17, 15) is 4.39 Å². The van der Waals surface area contributed by atoms with Gasteiger partial charge in [-0.3, -0.25) is 9.47 Å². The first-order valence-corrected chi connectivity index (χ1v) is 12.8. The van der Waals surface area contributed by atoms with Crippen molar-refractivity contribution < 1.29 is 13.7 Å². The molecule has 1 unspecified atom stereocenters. The maximum absolute atomic E-state index is 13.7. The Hall–Kier alpha value is -3.17. The normalized spacial score (nSPS) is 15.3. The molecule has 35 heavy (non-hydrogen) atoms. The average molecular weight is 494 g/mol. The molecule has 3 heterocycles. The zero-order valence-corrected chi connectivity index (χ0v) is 20.7. The molecule has 182 valence electrons. The zero-order chi connectivity index (χ0) is 24.2. The van der Waals surface area contributed by atoms with Crippen LogP contribution in [0.15, 0.2) is 64.3 Å². The lowest BCUT2D eigenvalue weighted by atomic mass is 10.1. The molecule has 0 N–H and O–H groups in total. The lowest BCUT2D eigenvalue weighted by Gasteiger charge is -2.31. The van der Waals surface area contributed by atoms with Crippen LogP contribution in [-0.4, -0.2) is 45.0 Å². The number of rotatable bonds is 8. The van der Waals surface area contributed by atoms with Crippen molar-refractivity contribution in [3.63, 3.8) is 0 Å². The van der Waals surface area contributed by atoms with Gasteiger partial charge in [-0.25, -0.2) is 4.39 Å². The summed E-state index contributed by atoms with van der Waals surface area (Å²) in [5.74, 6) is 2.66. The Balaban J connectivity index is 1.38. The summed E-state index contributed by atoms with van der Waals surface area (Å²) in [5.41, 5.74) is 2.56. The number of hydrogen-bond donors (Lipinski definition) is 0. The van der Waals surface area contributed by atoms with Gasteiger partial charge in [-0.15, -0.1) is 10.2 Å². The summed E-state index contributed by atoms with van der Waals surface area (Å²) in [6, 6.07) is 16.2. The molecule has 2 aromatic carbocycles. The first kappa shape index (κ1) is 23.6. The van der Waals surface area contributed by atoms with Gasteiger partial charge in [0.2, 0.25) is 0 Å². The number of methoxy groups -OCH3 is 1.